The van der Waals surface area contributed by atoms with Gasteiger partial charge in [0.15, 0.2) is 0 Å². The van der Waals surface area contributed by atoms with E-state index in [0.29, 0.717) is 25.2 Å². The number of H-pyrrole nitrogens is 1. The summed E-state index contributed by atoms with van der Waals surface area (Å²) in [5, 5.41) is 6.74. The first-order chi connectivity index (χ1) is 12.1. The molecule has 0 fully saturated rings. The molecule has 0 spiro atoms. The average Bonchev–Trinajstić information content (AvgIpc) is 3.13. The fourth-order valence-corrected chi connectivity index (χ4v) is 2.76. The summed E-state index contributed by atoms with van der Waals surface area (Å²) in [5.74, 6) is 0.468. The van der Waals surface area contributed by atoms with Gasteiger partial charge in [0.25, 0.3) is 5.91 Å². The molecule has 3 rings (SSSR count). The van der Waals surface area contributed by atoms with Crippen LogP contribution in [0.15, 0.2) is 45.8 Å². The Morgan fingerprint density at radius 1 is 1.28 bits per heavy atom. The van der Waals surface area contributed by atoms with Gasteiger partial charge in [0.05, 0.1) is 12.2 Å². The zero-order valence-corrected chi connectivity index (χ0v) is 14.2. The van der Waals surface area contributed by atoms with Crippen molar-refractivity contribution in [2.75, 3.05) is 6.54 Å². The maximum Gasteiger partial charge on any atom is 0.326 e. The highest BCUT2D eigenvalue weighted by Gasteiger charge is 2.15. The van der Waals surface area contributed by atoms with Crippen LogP contribution in [-0.4, -0.2) is 27.2 Å². The Morgan fingerprint density at radius 2 is 2.04 bits per heavy atom. The quantitative estimate of drug-likeness (QED) is 0.715. The molecule has 0 saturated carbocycles. The smallest absolute Gasteiger partial charge is 0.326 e. The van der Waals surface area contributed by atoms with Gasteiger partial charge in [-0.15, -0.1) is 0 Å². The van der Waals surface area contributed by atoms with Gasteiger partial charge in [-0.3, -0.25) is 9.36 Å². The maximum absolute atomic E-state index is 12.4. The molecular formula is C18H20N4O3. The van der Waals surface area contributed by atoms with E-state index < -0.39 is 0 Å². The summed E-state index contributed by atoms with van der Waals surface area (Å²) in [6, 6.07) is 9.54. The van der Waals surface area contributed by atoms with E-state index in [4.69, 9.17) is 4.52 Å². The predicted octanol–water partition coefficient (Wildman–Crippen LogP) is 1.80. The van der Waals surface area contributed by atoms with Crippen LogP contribution in [0.5, 0.6) is 0 Å². The van der Waals surface area contributed by atoms with Gasteiger partial charge >= 0.3 is 5.69 Å². The maximum atomic E-state index is 12.4. The van der Waals surface area contributed by atoms with E-state index in [0.717, 1.165) is 22.6 Å². The summed E-state index contributed by atoms with van der Waals surface area (Å²) in [6.07, 6.45) is 2.07. The Kier molecular flexibility index (Phi) is 4.83. The van der Waals surface area contributed by atoms with Gasteiger partial charge in [-0.1, -0.05) is 35.5 Å². The Balaban J connectivity index is 1.67. The van der Waals surface area contributed by atoms with E-state index in [1.165, 1.54) is 10.8 Å². The number of benzene rings is 1. The fourth-order valence-electron chi connectivity index (χ4n) is 2.76. The summed E-state index contributed by atoms with van der Waals surface area (Å²) in [6.45, 7) is 4.50. The van der Waals surface area contributed by atoms with Crippen LogP contribution in [0, 0.1) is 13.8 Å². The summed E-state index contributed by atoms with van der Waals surface area (Å²) in [4.78, 5) is 27.0. The molecule has 7 heteroatoms. The summed E-state index contributed by atoms with van der Waals surface area (Å²) < 4.78 is 6.54. The van der Waals surface area contributed by atoms with Crippen LogP contribution in [0.2, 0.25) is 0 Å². The molecule has 1 amide bonds. The Labute approximate surface area is 144 Å². The second-order valence-electron chi connectivity index (χ2n) is 5.86. The summed E-state index contributed by atoms with van der Waals surface area (Å²) in [5.41, 5.74) is 2.78. The number of nitrogens with one attached hydrogen (secondary N) is 2. The molecule has 2 aromatic heterocycles. The molecule has 0 saturated heterocycles. The van der Waals surface area contributed by atoms with Gasteiger partial charge in [-0.2, -0.15) is 0 Å². The first kappa shape index (κ1) is 16.8. The monoisotopic (exact) mass is 340 g/mol. The normalized spacial score (nSPS) is 10.8. The first-order valence-corrected chi connectivity index (χ1v) is 8.08. The van der Waals surface area contributed by atoms with Gasteiger partial charge in [-0.25, -0.2) is 4.79 Å². The second-order valence-corrected chi connectivity index (χ2v) is 5.86. The first-order valence-electron chi connectivity index (χ1n) is 8.08. The van der Waals surface area contributed by atoms with Crippen molar-refractivity contribution in [1.29, 1.82) is 0 Å². The summed E-state index contributed by atoms with van der Waals surface area (Å²) in [7, 11) is 0. The third-order valence-electron chi connectivity index (χ3n) is 4.13. The van der Waals surface area contributed by atoms with Crippen molar-refractivity contribution in [3.05, 3.63) is 75.3 Å². The minimum atomic E-state index is -0.306. The van der Waals surface area contributed by atoms with Crippen LogP contribution < -0.4 is 11.0 Å². The largest absolute Gasteiger partial charge is 0.361 e. The van der Waals surface area contributed by atoms with E-state index in [2.05, 4.69) is 15.5 Å². The Hall–Kier alpha value is -3.09. The topological polar surface area (TPSA) is 92.9 Å². The lowest BCUT2D eigenvalue weighted by Gasteiger charge is -2.08. The molecule has 0 aliphatic heterocycles. The molecule has 1 aromatic carbocycles. The third kappa shape index (κ3) is 3.71. The lowest BCUT2D eigenvalue weighted by Crippen LogP contribution is -2.30. The highest BCUT2D eigenvalue weighted by atomic mass is 16.5. The SMILES string of the molecule is Cc1noc(C)c1CCNC(=O)c1c[nH]c(=O)n1Cc1ccccc1. The van der Waals surface area contributed by atoms with Crippen LogP contribution >= 0.6 is 0 Å². The zero-order valence-electron chi connectivity index (χ0n) is 14.2. The molecule has 0 bridgehead atoms. The highest BCUT2D eigenvalue weighted by Crippen LogP contribution is 2.12. The average molecular weight is 340 g/mol. The summed E-state index contributed by atoms with van der Waals surface area (Å²) >= 11 is 0. The van der Waals surface area contributed by atoms with Crippen LogP contribution in [0.4, 0.5) is 0 Å². The van der Waals surface area contributed by atoms with Crippen molar-refractivity contribution in [3.63, 3.8) is 0 Å². The van der Waals surface area contributed by atoms with Crippen molar-refractivity contribution in [2.45, 2.75) is 26.8 Å². The molecule has 0 unspecified atom stereocenters. The minimum Gasteiger partial charge on any atom is -0.361 e. The molecule has 0 atom stereocenters. The van der Waals surface area contributed by atoms with Crippen molar-refractivity contribution < 1.29 is 9.32 Å². The van der Waals surface area contributed by atoms with Crippen LogP contribution in [0.1, 0.15) is 33.1 Å². The van der Waals surface area contributed by atoms with E-state index in [-0.39, 0.29) is 11.6 Å². The number of carbonyl (C=O) groups is 1. The highest BCUT2D eigenvalue weighted by molar-refractivity contribution is 5.92. The van der Waals surface area contributed by atoms with Gasteiger partial charge in [-0.05, 0) is 25.8 Å². The molecule has 25 heavy (non-hydrogen) atoms. The lowest BCUT2D eigenvalue weighted by molar-refractivity contribution is 0.0945. The molecule has 3 aromatic rings. The van der Waals surface area contributed by atoms with E-state index in [1.54, 1.807) is 0 Å². The van der Waals surface area contributed by atoms with E-state index >= 15 is 0 Å². The number of rotatable bonds is 6. The fraction of sp³-hybridized carbons (Fsp3) is 0.278. The number of carbonyl (C=O) groups excluding carboxylic acids is 1. The zero-order chi connectivity index (χ0) is 17.8. The predicted molar refractivity (Wildman–Crippen MR) is 92.6 cm³/mol. The van der Waals surface area contributed by atoms with Gasteiger partial charge < -0.3 is 14.8 Å². The molecule has 130 valence electrons. The van der Waals surface area contributed by atoms with Gasteiger partial charge in [0, 0.05) is 18.3 Å². The molecule has 2 heterocycles. The van der Waals surface area contributed by atoms with Crippen molar-refractivity contribution in [3.8, 4) is 0 Å². The number of aromatic amines is 1. The number of amides is 1. The van der Waals surface area contributed by atoms with Gasteiger partial charge in [0.1, 0.15) is 11.5 Å². The van der Waals surface area contributed by atoms with Crippen LogP contribution in [0.3, 0.4) is 0 Å². The van der Waals surface area contributed by atoms with E-state index in [9.17, 15) is 9.59 Å². The number of hydrogen-bond donors (Lipinski definition) is 2. The van der Waals surface area contributed by atoms with Crippen molar-refractivity contribution >= 4 is 5.91 Å². The lowest BCUT2D eigenvalue weighted by atomic mass is 10.1. The molecular weight excluding hydrogens is 320 g/mol. The van der Waals surface area contributed by atoms with Crippen LogP contribution in [-0.2, 0) is 13.0 Å². The van der Waals surface area contributed by atoms with Crippen LogP contribution in [0.25, 0.3) is 0 Å². The number of hydrogen-bond acceptors (Lipinski definition) is 4. The molecule has 0 radical (unpaired) electrons. The van der Waals surface area contributed by atoms with Gasteiger partial charge in [0.2, 0.25) is 0 Å². The molecule has 0 aliphatic carbocycles. The van der Waals surface area contributed by atoms with Crippen molar-refractivity contribution in [1.82, 2.24) is 20.0 Å². The Morgan fingerprint density at radius 3 is 2.72 bits per heavy atom. The second kappa shape index (κ2) is 7.21. The number of aromatic nitrogens is 3. The van der Waals surface area contributed by atoms with E-state index in [1.807, 2.05) is 44.2 Å². The molecule has 2 N–H and O–H groups in total. The van der Waals surface area contributed by atoms with Crippen molar-refractivity contribution in [2.24, 2.45) is 0 Å². The number of nitrogens with zero attached hydrogens (tertiary/aromatic N) is 2. The number of imidazole rings is 1. The molecule has 7 nitrogen and oxygen atoms in total. The number of aryl methyl sites for hydroxylation is 2. The Bertz CT molecular complexity index is 902. The standard InChI is InChI=1S/C18H20N4O3/c1-12-15(13(2)25-21-12)8-9-19-17(23)16-10-20-18(24)22(16)11-14-6-4-3-5-7-14/h3-7,10H,8-9,11H2,1-2H3,(H,19,23)(H,20,24). The minimum absolute atomic E-state index is 0.291. The third-order valence-corrected chi connectivity index (χ3v) is 4.13. The molecule has 0 aliphatic rings.